The van der Waals surface area contributed by atoms with Crippen LogP contribution in [0.1, 0.15) is 26.7 Å². The lowest BCUT2D eigenvalue weighted by molar-refractivity contribution is 0.550. The maximum Gasteiger partial charge on any atom is 0.00338 e. The van der Waals surface area contributed by atoms with Crippen LogP contribution in [-0.2, 0) is 0 Å². The molecule has 0 spiro atoms. The summed E-state index contributed by atoms with van der Waals surface area (Å²) in [7, 11) is 0. The quantitative estimate of drug-likeness (QED) is 0.564. The topological polar surface area (TPSA) is 0 Å². The maximum atomic E-state index is 3.39. The summed E-state index contributed by atoms with van der Waals surface area (Å²) in [6, 6.07) is 0. The van der Waals surface area contributed by atoms with Crippen molar-refractivity contribution >= 4 is 15.9 Å². The molecule has 0 radical (unpaired) electrons. The highest BCUT2D eigenvalue weighted by molar-refractivity contribution is 9.09. The van der Waals surface area contributed by atoms with E-state index in [1.54, 1.807) is 0 Å². The SMILES string of the molecule is CCC(C)CCBr. The third-order valence-electron chi connectivity index (χ3n) is 1.30. The van der Waals surface area contributed by atoms with Gasteiger partial charge in [0.15, 0.2) is 0 Å². The van der Waals surface area contributed by atoms with Gasteiger partial charge in [0, 0.05) is 5.33 Å². The summed E-state index contributed by atoms with van der Waals surface area (Å²) in [5.74, 6) is 0.902. The van der Waals surface area contributed by atoms with E-state index in [0.717, 1.165) is 11.2 Å². The molecule has 1 heteroatoms. The van der Waals surface area contributed by atoms with Gasteiger partial charge in [-0.1, -0.05) is 36.2 Å². The first-order chi connectivity index (χ1) is 3.31. The van der Waals surface area contributed by atoms with E-state index in [9.17, 15) is 0 Å². The highest BCUT2D eigenvalue weighted by Crippen LogP contribution is 2.06. The first-order valence-corrected chi connectivity index (χ1v) is 3.99. The van der Waals surface area contributed by atoms with Crippen molar-refractivity contribution in [2.45, 2.75) is 26.7 Å². The van der Waals surface area contributed by atoms with Crippen LogP contribution in [0.25, 0.3) is 0 Å². The predicted molar refractivity (Wildman–Crippen MR) is 37.9 cm³/mol. The van der Waals surface area contributed by atoms with Gasteiger partial charge in [-0.3, -0.25) is 0 Å². The molecule has 0 amide bonds. The molecule has 1 atom stereocenters. The van der Waals surface area contributed by atoms with E-state index in [-0.39, 0.29) is 0 Å². The Morgan fingerprint density at radius 3 is 2.29 bits per heavy atom. The number of hydrogen-bond donors (Lipinski definition) is 0. The molecule has 0 aromatic rings. The second-order valence-corrected chi connectivity index (χ2v) is 2.78. The number of halogens is 1. The van der Waals surface area contributed by atoms with E-state index in [2.05, 4.69) is 29.8 Å². The zero-order valence-electron chi connectivity index (χ0n) is 5.08. The van der Waals surface area contributed by atoms with E-state index < -0.39 is 0 Å². The Kier molecular flexibility index (Phi) is 4.95. The van der Waals surface area contributed by atoms with Crippen molar-refractivity contribution < 1.29 is 0 Å². The molecular formula is C6H13Br. The second-order valence-electron chi connectivity index (χ2n) is 1.99. The molecule has 7 heavy (non-hydrogen) atoms. The fourth-order valence-electron chi connectivity index (χ4n) is 0.390. The van der Waals surface area contributed by atoms with Gasteiger partial charge >= 0.3 is 0 Å². The molecule has 0 fully saturated rings. The van der Waals surface area contributed by atoms with E-state index in [4.69, 9.17) is 0 Å². The molecular weight excluding hydrogens is 152 g/mol. The van der Waals surface area contributed by atoms with Gasteiger partial charge in [-0.05, 0) is 12.3 Å². The summed E-state index contributed by atoms with van der Waals surface area (Å²) in [6.07, 6.45) is 2.63. The molecule has 0 saturated carbocycles. The smallest absolute Gasteiger partial charge is 0.00338 e. The molecule has 0 aliphatic carbocycles. The summed E-state index contributed by atoms with van der Waals surface area (Å²) >= 11 is 3.39. The number of rotatable bonds is 3. The Morgan fingerprint density at radius 2 is 2.14 bits per heavy atom. The van der Waals surface area contributed by atoms with Crippen molar-refractivity contribution in [3.05, 3.63) is 0 Å². The van der Waals surface area contributed by atoms with Gasteiger partial charge < -0.3 is 0 Å². The van der Waals surface area contributed by atoms with Crippen LogP contribution in [0.2, 0.25) is 0 Å². The molecule has 0 aromatic carbocycles. The average Bonchev–Trinajstić information content (AvgIpc) is 1.68. The van der Waals surface area contributed by atoms with Crippen LogP contribution in [0.3, 0.4) is 0 Å². The lowest BCUT2D eigenvalue weighted by Gasteiger charge is -2.01. The highest BCUT2D eigenvalue weighted by atomic mass is 79.9. The summed E-state index contributed by atoms with van der Waals surface area (Å²) in [5, 5.41) is 1.15. The average molecular weight is 165 g/mol. The Labute approximate surface area is 54.4 Å². The summed E-state index contributed by atoms with van der Waals surface area (Å²) in [6.45, 7) is 4.51. The van der Waals surface area contributed by atoms with Crippen molar-refractivity contribution in [2.75, 3.05) is 5.33 Å². The van der Waals surface area contributed by atoms with E-state index in [1.165, 1.54) is 12.8 Å². The molecule has 0 heterocycles. The molecule has 0 N–H and O–H groups in total. The number of hydrogen-bond acceptors (Lipinski definition) is 0. The van der Waals surface area contributed by atoms with Gasteiger partial charge in [-0.2, -0.15) is 0 Å². The Bertz CT molecular complexity index is 35.2. The molecule has 0 rings (SSSR count). The molecule has 0 saturated heterocycles. The van der Waals surface area contributed by atoms with E-state index >= 15 is 0 Å². The Hall–Kier alpha value is 0.480. The van der Waals surface area contributed by atoms with Crippen molar-refractivity contribution in [1.82, 2.24) is 0 Å². The molecule has 0 aliphatic heterocycles. The van der Waals surface area contributed by atoms with Crippen LogP contribution in [-0.4, -0.2) is 5.33 Å². The second kappa shape index (κ2) is 4.63. The molecule has 44 valence electrons. The normalized spacial score (nSPS) is 14.1. The maximum absolute atomic E-state index is 3.39. The summed E-state index contributed by atoms with van der Waals surface area (Å²) in [5.41, 5.74) is 0. The zero-order chi connectivity index (χ0) is 5.70. The highest BCUT2D eigenvalue weighted by Gasteiger charge is 1.93. The first-order valence-electron chi connectivity index (χ1n) is 2.87. The molecule has 0 nitrogen and oxygen atoms in total. The van der Waals surface area contributed by atoms with Crippen LogP contribution in [0.5, 0.6) is 0 Å². The van der Waals surface area contributed by atoms with Gasteiger partial charge in [0.1, 0.15) is 0 Å². The Morgan fingerprint density at radius 1 is 1.57 bits per heavy atom. The van der Waals surface area contributed by atoms with Crippen LogP contribution in [0, 0.1) is 5.92 Å². The van der Waals surface area contributed by atoms with Gasteiger partial charge in [-0.25, -0.2) is 0 Å². The molecule has 1 unspecified atom stereocenters. The predicted octanol–water partition coefficient (Wildman–Crippen LogP) is 2.82. The van der Waals surface area contributed by atoms with Gasteiger partial charge in [0.05, 0.1) is 0 Å². The standard InChI is InChI=1S/C6H13Br/c1-3-6(2)4-5-7/h6H,3-5H2,1-2H3. The van der Waals surface area contributed by atoms with Crippen LogP contribution in [0.4, 0.5) is 0 Å². The fourth-order valence-corrected chi connectivity index (χ4v) is 1.17. The van der Waals surface area contributed by atoms with Crippen molar-refractivity contribution in [3.63, 3.8) is 0 Å². The molecule has 0 bridgehead atoms. The third kappa shape index (κ3) is 4.33. The zero-order valence-corrected chi connectivity index (χ0v) is 6.66. The number of alkyl halides is 1. The molecule has 0 aromatic heterocycles. The van der Waals surface area contributed by atoms with Gasteiger partial charge in [-0.15, -0.1) is 0 Å². The van der Waals surface area contributed by atoms with Crippen LogP contribution in [0.15, 0.2) is 0 Å². The van der Waals surface area contributed by atoms with Crippen molar-refractivity contribution in [1.29, 1.82) is 0 Å². The Balaban J connectivity index is 2.83. The van der Waals surface area contributed by atoms with Crippen molar-refractivity contribution in [3.8, 4) is 0 Å². The van der Waals surface area contributed by atoms with Gasteiger partial charge in [0.25, 0.3) is 0 Å². The van der Waals surface area contributed by atoms with Crippen LogP contribution < -0.4 is 0 Å². The minimum Gasteiger partial charge on any atom is -0.0928 e. The van der Waals surface area contributed by atoms with E-state index in [0.29, 0.717) is 0 Å². The lowest BCUT2D eigenvalue weighted by atomic mass is 10.1. The lowest BCUT2D eigenvalue weighted by Crippen LogP contribution is -1.90. The molecule has 0 aliphatic rings. The first kappa shape index (κ1) is 7.48. The fraction of sp³-hybridized carbons (Fsp3) is 1.00. The summed E-state index contributed by atoms with van der Waals surface area (Å²) < 4.78 is 0. The third-order valence-corrected chi connectivity index (χ3v) is 1.76. The monoisotopic (exact) mass is 164 g/mol. The van der Waals surface area contributed by atoms with Crippen molar-refractivity contribution in [2.24, 2.45) is 5.92 Å². The van der Waals surface area contributed by atoms with E-state index in [1.807, 2.05) is 0 Å². The van der Waals surface area contributed by atoms with Gasteiger partial charge in [0.2, 0.25) is 0 Å². The minimum absolute atomic E-state index is 0.902. The summed E-state index contributed by atoms with van der Waals surface area (Å²) in [4.78, 5) is 0. The van der Waals surface area contributed by atoms with Crippen LogP contribution >= 0.6 is 15.9 Å². The largest absolute Gasteiger partial charge is 0.0928 e. The minimum atomic E-state index is 0.902.